The van der Waals surface area contributed by atoms with Crippen LogP contribution in [0.5, 0.6) is 0 Å². The van der Waals surface area contributed by atoms with Crippen LogP contribution < -0.4 is 0 Å². The SMILES string of the molecule is CC(C)N1CCN(Cc2csc(-c3ccc(Cl)cc3)n2)CC1. The first kappa shape index (κ1) is 15.9. The summed E-state index contributed by atoms with van der Waals surface area (Å²) in [6.45, 7) is 10.1. The second-order valence-electron chi connectivity index (χ2n) is 6.06. The maximum Gasteiger partial charge on any atom is 0.123 e. The average Bonchev–Trinajstić information content (AvgIpc) is 2.97. The first-order valence-electron chi connectivity index (χ1n) is 7.78. The minimum atomic E-state index is 0.651. The van der Waals surface area contributed by atoms with Crippen LogP contribution in [0.25, 0.3) is 10.6 Å². The standard InChI is InChI=1S/C17H22ClN3S/c1-13(2)21-9-7-20(8-10-21)11-16-12-22-17(19-16)14-3-5-15(18)6-4-14/h3-6,12-13H,7-11H2,1-2H3. The molecule has 0 unspecified atom stereocenters. The van der Waals surface area contributed by atoms with Gasteiger partial charge in [-0.05, 0) is 26.0 Å². The summed E-state index contributed by atoms with van der Waals surface area (Å²) in [6.07, 6.45) is 0. The lowest BCUT2D eigenvalue weighted by molar-refractivity contribution is 0.103. The van der Waals surface area contributed by atoms with Crippen molar-refractivity contribution in [3.05, 3.63) is 40.4 Å². The van der Waals surface area contributed by atoms with Gasteiger partial charge >= 0.3 is 0 Å². The van der Waals surface area contributed by atoms with Crippen molar-refractivity contribution in [3.8, 4) is 10.6 Å². The van der Waals surface area contributed by atoms with Crippen LogP contribution in [0.15, 0.2) is 29.6 Å². The van der Waals surface area contributed by atoms with Crippen LogP contribution in [-0.4, -0.2) is 47.0 Å². The van der Waals surface area contributed by atoms with E-state index in [2.05, 4.69) is 29.0 Å². The molecule has 1 saturated heterocycles. The van der Waals surface area contributed by atoms with Crippen LogP contribution in [0, 0.1) is 0 Å². The van der Waals surface area contributed by atoms with E-state index in [0.717, 1.165) is 48.3 Å². The molecule has 0 saturated carbocycles. The average molecular weight is 336 g/mol. The largest absolute Gasteiger partial charge is 0.298 e. The Bertz CT molecular complexity index is 601. The molecular weight excluding hydrogens is 314 g/mol. The maximum atomic E-state index is 5.94. The molecule has 3 rings (SSSR count). The molecule has 2 heterocycles. The van der Waals surface area contributed by atoms with E-state index in [1.54, 1.807) is 11.3 Å². The van der Waals surface area contributed by atoms with Crippen molar-refractivity contribution in [1.29, 1.82) is 0 Å². The molecule has 0 N–H and O–H groups in total. The molecule has 0 amide bonds. The lowest BCUT2D eigenvalue weighted by atomic mass is 10.2. The fourth-order valence-electron chi connectivity index (χ4n) is 2.77. The van der Waals surface area contributed by atoms with Gasteiger partial charge in [-0.25, -0.2) is 4.98 Å². The minimum absolute atomic E-state index is 0.651. The minimum Gasteiger partial charge on any atom is -0.298 e. The maximum absolute atomic E-state index is 5.94. The number of piperazine rings is 1. The zero-order chi connectivity index (χ0) is 15.5. The Kier molecular flexibility index (Phi) is 5.14. The van der Waals surface area contributed by atoms with Gasteiger partial charge in [0.2, 0.25) is 0 Å². The molecule has 1 fully saturated rings. The molecule has 3 nitrogen and oxygen atoms in total. The number of hydrogen-bond acceptors (Lipinski definition) is 4. The van der Waals surface area contributed by atoms with Crippen molar-refractivity contribution in [3.63, 3.8) is 0 Å². The monoisotopic (exact) mass is 335 g/mol. The lowest BCUT2D eigenvalue weighted by Crippen LogP contribution is -2.48. The fraction of sp³-hybridized carbons (Fsp3) is 0.471. The zero-order valence-electron chi connectivity index (χ0n) is 13.1. The quantitative estimate of drug-likeness (QED) is 0.842. The summed E-state index contributed by atoms with van der Waals surface area (Å²) in [7, 11) is 0. The number of halogens is 1. The molecule has 22 heavy (non-hydrogen) atoms. The third-order valence-electron chi connectivity index (χ3n) is 4.17. The van der Waals surface area contributed by atoms with Gasteiger partial charge in [0.25, 0.3) is 0 Å². The topological polar surface area (TPSA) is 19.4 Å². The number of aromatic nitrogens is 1. The number of thiazole rings is 1. The van der Waals surface area contributed by atoms with Gasteiger partial charge in [0.15, 0.2) is 0 Å². The predicted octanol–water partition coefficient (Wildman–Crippen LogP) is 3.99. The van der Waals surface area contributed by atoms with Gasteiger partial charge in [0, 0.05) is 54.7 Å². The van der Waals surface area contributed by atoms with E-state index in [0.29, 0.717) is 6.04 Å². The molecule has 0 spiro atoms. The first-order chi connectivity index (χ1) is 10.6. The summed E-state index contributed by atoms with van der Waals surface area (Å²) in [5.41, 5.74) is 2.32. The third kappa shape index (κ3) is 3.87. The van der Waals surface area contributed by atoms with Crippen LogP contribution >= 0.6 is 22.9 Å². The van der Waals surface area contributed by atoms with Gasteiger partial charge in [0.05, 0.1) is 5.69 Å². The second-order valence-corrected chi connectivity index (χ2v) is 7.35. The number of benzene rings is 1. The molecule has 1 aliphatic heterocycles. The molecule has 1 aliphatic rings. The highest BCUT2D eigenvalue weighted by Gasteiger charge is 2.19. The van der Waals surface area contributed by atoms with E-state index in [1.807, 2.05) is 24.3 Å². The summed E-state index contributed by atoms with van der Waals surface area (Å²) in [4.78, 5) is 9.82. The van der Waals surface area contributed by atoms with Crippen molar-refractivity contribution in [2.24, 2.45) is 0 Å². The highest BCUT2D eigenvalue weighted by Crippen LogP contribution is 2.25. The highest BCUT2D eigenvalue weighted by molar-refractivity contribution is 7.13. The van der Waals surface area contributed by atoms with E-state index >= 15 is 0 Å². The summed E-state index contributed by atoms with van der Waals surface area (Å²) >= 11 is 7.65. The van der Waals surface area contributed by atoms with Gasteiger partial charge in [-0.1, -0.05) is 23.7 Å². The Labute approximate surface area is 141 Å². The second kappa shape index (κ2) is 7.09. The number of rotatable bonds is 4. The zero-order valence-corrected chi connectivity index (χ0v) is 14.7. The summed E-state index contributed by atoms with van der Waals surface area (Å²) < 4.78 is 0. The van der Waals surface area contributed by atoms with Crippen molar-refractivity contribution < 1.29 is 0 Å². The third-order valence-corrected chi connectivity index (χ3v) is 5.36. The molecule has 0 aliphatic carbocycles. The van der Waals surface area contributed by atoms with Crippen LogP contribution in [0.4, 0.5) is 0 Å². The van der Waals surface area contributed by atoms with Gasteiger partial charge in [-0.2, -0.15) is 0 Å². The Morgan fingerprint density at radius 3 is 2.45 bits per heavy atom. The molecule has 118 valence electrons. The van der Waals surface area contributed by atoms with Gasteiger partial charge in [-0.3, -0.25) is 9.80 Å². The van der Waals surface area contributed by atoms with Gasteiger partial charge < -0.3 is 0 Å². The van der Waals surface area contributed by atoms with Crippen LogP contribution in [-0.2, 0) is 6.54 Å². The van der Waals surface area contributed by atoms with E-state index < -0.39 is 0 Å². The van der Waals surface area contributed by atoms with E-state index in [1.165, 1.54) is 5.69 Å². The molecule has 0 bridgehead atoms. The molecule has 0 radical (unpaired) electrons. The van der Waals surface area contributed by atoms with E-state index in [9.17, 15) is 0 Å². The number of hydrogen-bond donors (Lipinski definition) is 0. The smallest absolute Gasteiger partial charge is 0.123 e. The van der Waals surface area contributed by atoms with Crippen molar-refractivity contribution >= 4 is 22.9 Å². The van der Waals surface area contributed by atoms with Crippen LogP contribution in [0.2, 0.25) is 5.02 Å². The summed E-state index contributed by atoms with van der Waals surface area (Å²) in [5.74, 6) is 0. The van der Waals surface area contributed by atoms with Crippen molar-refractivity contribution in [1.82, 2.24) is 14.8 Å². The summed E-state index contributed by atoms with van der Waals surface area (Å²) in [6, 6.07) is 8.56. The van der Waals surface area contributed by atoms with E-state index in [4.69, 9.17) is 16.6 Å². The number of nitrogens with zero attached hydrogens (tertiary/aromatic N) is 3. The fourth-order valence-corrected chi connectivity index (χ4v) is 3.71. The molecule has 5 heteroatoms. The first-order valence-corrected chi connectivity index (χ1v) is 9.04. The van der Waals surface area contributed by atoms with Crippen LogP contribution in [0.1, 0.15) is 19.5 Å². The van der Waals surface area contributed by atoms with Crippen molar-refractivity contribution in [2.45, 2.75) is 26.4 Å². The molecule has 0 atom stereocenters. The van der Waals surface area contributed by atoms with Crippen LogP contribution in [0.3, 0.4) is 0 Å². The lowest BCUT2D eigenvalue weighted by Gasteiger charge is -2.36. The normalized spacial score (nSPS) is 17.3. The van der Waals surface area contributed by atoms with Gasteiger partial charge in [0.1, 0.15) is 5.01 Å². The molecular formula is C17H22ClN3S. The van der Waals surface area contributed by atoms with Gasteiger partial charge in [-0.15, -0.1) is 11.3 Å². The Morgan fingerprint density at radius 1 is 1.14 bits per heavy atom. The Balaban J connectivity index is 1.59. The Morgan fingerprint density at radius 2 is 1.82 bits per heavy atom. The molecule has 2 aromatic rings. The van der Waals surface area contributed by atoms with E-state index in [-0.39, 0.29) is 0 Å². The predicted molar refractivity (Wildman–Crippen MR) is 94.5 cm³/mol. The van der Waals surface area contributed by atoms with Crippen molar-refractivity contribution in [2.75, 3.05) is 26.2 Å². The Hall–Kier alpha value is -0.940. The molecule has 1 aromatic heterocycles. The summed E-state index contributed by atoms with van der Waals surface area (Å²) in [5, 5.41) is 4.02. The highest BCUT2D eigenvalue weighted by atomic mass is 35.5. The molecule has 1 aromatic carbocycles.